The molecule has 0 aliphatic rings. The lowest BCUT2D eigenvalue weighted by Crippen LogP contribution is -2.15. The Morgan fingerprint density at radius 1 is 1.25 bits per heavy atom. The van der Waals surface area contributed by atoms with E-state index in [0.717, 1.165) is 27.3 Å². The van der Waals surface area contributed by atoms with E-state index < -0.39 is 0 Å². The second-order valence-electron chi connectivity index (χ2n) is 4.56. The molecule has 0 fully saturated rings. The third-order valence-electron chi connectivity index (χ3n) is 2.86. The molecule has 1 atom stereocenters. The van der Waals surface area contributed by atoms with Gasteiger partial charge in [0.25, 0.3) is 0 Å². The first-order valence-corrected chi connectivity index (χ1v) is 5.82. The molecule has 16 heavy (non-hydrogen) atoms. The molecule has 86 valence electrons. The van der Waals surface area contributed by atoms with Crippen molar-refractivity contribution in [3.05, 3.63) is 34.5 Å². The van der Waals surface area contributed by atoms with E-state index in [0.29, 0.717) is 5.92 Å². The molecule has 0 spiro atoms. The number of benzene rings is 1. The molecular formula is C13H16ClNO. The van der Waals surface area contributed by atoms with E-state index in [1.54, 1.807) is 0 Å². The van der Waals surface area contributed by atoms with E-state index in [2.05, 4.69) is 13.8 Å². The highest BCUT2D eigenvalue weighted by molar-refractivity contribution is 6.32. The highest BCUT2D eigenvalue weighted by atomic mass is 35.5. The second kappa shape index (κ2) is 4.11. The SMILES string of the molecule is Cc1cc2oc([C@H](N)C(C)C)cc2cc1Cl. The summed E-state index contributed by atoms with van der Waals surface area (Å²) in [5.74, 6) is 1.18. The van der Waals surface area contributed by atoms with Crippen LogP contribution in [0.2, 0.25) is 5.02 Å². The molecule has 0 saturated heterocycles. The Morgan fingerprint density at radius 2 is 1.94 bits per heavy atom. The molecule has 2 aromatic rings. The van der Waals surface area contributed by atoms with E-state index in [4.69, 9.17) is 21.8 Å². The number of hydrogen-bond acceptors (Lipinski definition) is 2. The average molecular weight is 238 g/mol. The number of fused-ring (bicyclic) bond motifs is 1. The molecule has 0 aliphatic carbocycles. The van der Waals surface area contributed by atoms with Gasteiger partial charge in [0.1, 0.15) is 11.3 Å². The van der Waals surface area contributed by atoms with Crippen molar-refractivity contribution in [2.45, 2.75) is 26.8 Å². The maximum atomic E-state index is 6.07. The highest BCUT2D eigenvalue weighted by Crippen LogP contribution is 2.30. The molecule has 2 nitrogen and oxygen atoms in total. The Morgan fingerprint density at radius 3 is 2.56 bits per heavy atom. The number of aryl methyl sites for hydroxylation is 1. The zero-order valence-corrected chi connectivity index (χ0v) is 10.5. The van der Waals surface area contributed by atoms with Crippen molar-refractivity contribution in [2.24, 2.45) is 11.7 Å². The van der Waals surface area contributed by atoms with Crippen LogP contribution in [0.5, 0.6) is 0 Å². The normalized spacial score (nSPS) is 13.6. The van der Waals surface area contributed by atoms with Gasteiger partial charge < -0.3 is 10.2 Å². The molecule has 1 aromatic heterocycles. The number of furan rings is 1. The van der Waals surface area contributed by atoms with Crippen molar-refractivity contribution in [1.82, 2.24) is 0 Å². The fraction of sp³-hybridized carbons (Fsp3) is 0.385. The van der Waals surface area contributed by atoms with Gasteiger partial charge in [-0.3, -0.25) is 0 Å². The first-order valence-electron chi connectivity index (χ1n) is 5.44. The predicted octanol–water partition coefficient (Wildman–Crippen LogP) is 4.05. The largest absolute Gasteiger partial charge is 0.459 e. The summed E-state index contributed by atoms with van der Waals surface area (Å²) < 4.78 is 5.74. The maximum Gasteiger partial charge on any atom is 0.134 e. The highest BCUT2D eigenvalue weighted by Gasteiger charge is 2.15. The lowest BCUT2D eigenvalue weighted by atomic mass is 10.0. The van der Waals surface area contributed by atoms with Gasteiger partial charge in [-0.2, -0.15) is 0 Å². The Kier molecular flexibility index (Phi) is 2.96. The van der Waals surface area contributed by atoms with E-state index in [1.165, 1.54) is 0 Å². The van der Waals surface area contributed by atoms with Crippen LogP contribution < -0.4 is 5.73 Å². The van der Waals surface area contributed by atoms with Gasteiger partial charge in [-0.25, -0.2) is 0 Å². The fourth-order valence-electron chi connectivity index (χ4n) is 1.67. The van der Waals surface area contributed by atoms with Crippen molar-refractivity contribution in [3.8, 4) is 0 Å². The van der Waals surface area contributed by atoms with Crippen LogP contribution in [0.3, 0.4) is 0 Å². The van der Waals surface area contributed by atoms with Gasteiger partial charge in [0.05, 0.1) is 6.04 Å². The lowest BCUT2D eigenvalue weighted by Gasteiger charge is -2.11. The molecular weight excluding hydrogens is 222 g/mol. The Balaban J connectivity index is 2.52. The van der Waals surface area contributed by atoms with E-state index in [9.17, 15) is 0 Å². The molecule has 0 amide bonds. The van der Waals surface area contributed by atoms with Crippen LogP contribution in [0.4, 0.5) is 0 Å². The number of rotatable bonds is 2. The molecule has 2 rings (SSSR count). The number of nitrogens with two attached hydrogens (primary N) is 1. The monoisotopic (exact) mass is 237 g/mol. The van der Waals surface area contributed by atoms with Crippen molar-refractivity contribution < 1.29 is 4.42 Å². The van der Waals surface area contributed by atoms with Gasteiger partial charge in [-0.1, -0.05) is 25.4 Å². The van der Waals surface area contributed by atoms with Crippen molar-refractivity contribution >= 4 is 22.6 Å². The van der Waals surface area contributed by atoms with E-state index in [1.807, 2.05) is 25.1 Å². The third-order valence-corrected chi connectivity index (χ3v) is 3.27. The van der Waals surface area contributed by atoms with Crippen LogP contribution in [-0.2, 0) is 0 Å². The summed E-state index contributed by atoms with van der Waals surface area (Å²) in [6, 6.07) is 5.79. The van der Waals surface area contributed by atoms with Crippen LogP contribution in [0.25, 0.3) is 11.0 Å². The minimum atomic E-state index is -0.0634. The molecule has 2 N–H and O–H groups in total. The van der Waals surface area contributed by atoms with Gasteiger partial charge in [0.15, 0.2) is 0 Å². The van der Waals surface area contributed by atoms with Crippen molar-refractivity contribution in [2.75, 3.05) is 0 Å². The topological polar surface area (TPSA) is 39.2 Å². The fourth-order valence-corrected chi connectivity index (χ4v) is 1.85. The number of hydrogen-bond donors (Lipinski definition) is 1. The summed E-state index contributed by atoms with van der Waals surface area (Å²) >= 11 is 6.07. The van der Waals surface area contributed by atoms with Crippen LogP contribution in [0, 0.1) is 12.8 Å². The van der Waals surface area contributed by atoms with Gasteiger partial charge in [-0.15, -0.1) is 0 Å². The molecule has 0 aliphatic heterocycles. The lowest BCUT2D eigenvalue weighted by molar-refractivity contribution is 0.418. The molecule has 3 heteroatoms. The zero-order chi connectivity index (χ0) is 11.9. The summed E-state index contributed by atoms with van der Waals surface area (Å²) in [5.41, 5.74) is 7.93. The van der Waals surface area contributed by atoms with Crippen LogP contribution in [0.1, 0.15) is 31.2 Å². The first-order chi connectivity index (χ1) is 7.49. The summed E-state index contributed by atoms with van der Waals surface area (Å²) in [4.78, 5) is 0. The van der Waals surface area contributed by atoms with Crippen LogP contribution >= 0.6 is 11.6 Å². The first kappa shape index (κ1) is 11.5. The summed E-state index contributed by atoms with van der Waals surface area (Å²) in [6.07, 6.45) is 0. The minimum absolute atomic E-state index is 0.0634. The standard InChI is InChI=1S/C13H16ClNO/c1-7(2)13(15)12-6-9-5-10(14)8(3)4-11(9)16-12/h4-7,13H,15H2,1-3H3/t13-/m1/s1. The molecule has 0 bridgehead atoms. The average Bonchev–Trinajstić information content (AvgIpc) is 2.60. The zero-order valence-electron chi connectivity index (χ0n) is 9.75. The molecule has 1 heterocycles. The third kappa shape index (κ3) is 1.95. The Labute approximate surface area is 100 Å². The van der Waals surface area contributed by atoms with Gasteiger partial charge in [0, 0.05) is 10.4 Å². The van der Waals surface area contributed by atoms with Gasteiger partial charge in [0.2, 0.25) is 0 Å². The molecule has 0 saturated carbocycles. The summed E-state index contributed by atoms with van der Waals surface area (Å²) in [6.45, 7) is 6.12. The molecule has 0 unspecified atom stereocenters. The maximum absolute atomic E-state index is 6.07. The number of halogens is 1. The van der Waals surface area contributed by atoms with Crippen LogP contribution in [-0.4, -0.2) is 0 Å². The predicted molar refractivity (Wildman–Crippen MR) is 67.7 cm³/mol. The summed E-state index contributed by atoms with van der Waals surface area (Å²) in [7, 11) is 0. The Hall–Kier alpha value is -0.990. The van der Waals surface area contributed by atoms with Crippen molar-refractivity contribution in [1.29, 1.82) is 0 Å². The smallest absolute Gasteiger partial charge is 0.134 e. The minimum Gasteiger partial charge on any atom is -0.459 e. The van der Waals surface area contributed by atoms with Crippen LogP contribution in [0.15, 0.2) is 22.6 Å². The Bertz CT molecular complexity index is 477. The quantitative estimate of drug-likeness (QED) is 0.856. The van der Waals surface area contributed by atoms with Crippen molar-refractivity contribution in [3.63, 3.8) is 0 Å². The molecule has 0 radical (unpaired) electrons. The molecule has 1 aromatic carbocycles. The van der Waals surface area contributed by atoms with Gasteiger partial charge in [-0.05, 0) is 36.6 Å². The second-order valence-corrected chi connectivity index (χ2v) is 4.96. The summed E-state index contributed by atoms with van der Waals surface area (Å²) in [5, 5.41) is 1.78. The van der Waals surface area contributed by atoms with E-state index in [-0.39, 0.29) is 6.04 Å². The van der Waals surface area contributed by atoms with Gasteiger partial charge >= 0.3 is 0 Å². The van der Waals surface area contributed by atoms with E-state index >= 15 is 0 Å².